The number of hydrogen-bond acceptors (Lipinski definition) is 3. The van der Waals surface area contributed by atoms with Gasteiger partial charge in [-0.3, -0.25) is 14.4 Å². The Morgan fingerprint density at radius 2 is 2.38 bits per heavy atom. The van der Waals surface area contributed by atoms with E-state index in [0.29, 0.717) is 6.54 Å². The molecule has 5 heteroatoms. The van der Waals surface area contributed by atoms with Gasteiger partial charge >= 0.3 is 5.97 Å². The van der Waals surface area contributed by atoms with Gasteiger partial charge in [0.15, 0.2) is 0 Å². The van der Waals surface area contributed by atoms with E-state index < -0.39 is 12.0 Å². The number of nitrogens with zero attached hydrogens (tertiary/aromatic N) is 3. The smallest absolute Gasteiger partial charge is 0.320 e. The maximum atomic E-state index is 10.8. The van der Waals surface area contributed by atoms with Crippen LogP contribution in [0.3, 0.4) is 0 Å². The molecule has 0 aromatic carbocycles. The van der Waals surface area contributed by atoms with Crippen molar-refractivity contribution in [1.29, 1.82) is 0 Å². The molecule has 1 aromatic heterocycles. The first-order chi connectivity index (χ1) is 7.54. The van der Waals surface area contributed by atoms with Crippen LogP contribution in [0.1, 0.15) is 25.8 Å². The Balaban J connectivity index is 2.55. The van der Waals surface area contributed by atoms with Crippen LogP contribution < -0.4 is 0 Å². The molecule has 0 radical (unpaired) electrons. The lowest BCUT2D eigenvalue weighted by Gasteiger charge is -2.19. The molecule has 0 saturated carbocycles. The van der Waals surface area contributed by atoms with Gasteiger partial charge < -0.3 is 5.11 Å². The highest BCUT2D eigenvalue weighted by Crippen LogP contribution is 2.06. The van der Waals surface area contributed by atoms with Crippen LogP contribution >= 0.6 is 0 Å². The molecule has 1 aromatic rings. The van der Waals surface area contributed by atoms with Crippen LogP contribution in [0.15, 0.2) is 12.4 Å². The summed E-state index contributed by atoms with van der Waals surface area (Å²) in [6.45, 7) is 5.29. The van der Waals surface area contributed by atoms with E-state index in [2.05, 4.69) is 12.0 Å². The van der Waals surface area contributed by atoms with Gasteiger partial charge in [0.05, 0.1) is 6.20 Å². The number of carboxylic acid groups (broad SMARTS) is 1. The fraction of sp³-hybridized carbons (Fsp3) is 0.636. The zero-order chi connectivity index (χ0) is 12.1. The topological polar surface area (TPSA) is 58.4 Å². The van der Waals surface area contributed by atoms with Crippen LogP contribution in [-0.4, -0.2) is 38.8 Å². The molecule has 0 fully saturated rings. The van der Waals surface area contributed by atoms with Crippen LogP contribution in [0, 0.1) is 0 Å². The summed E-state index contributed by atoms with van der Waals surface area (Å²) < 4.78 is 1.88. The lowest BCUT2D eigenvalue weighted by molar-refractivity contribution is -0.142. The molecular formula is C11H19N3O2. The quantitative estimate of drug-likeness (QED) is 0.790. The first-order valence-corrected chi connectivity index (χ1v) is 5.49. The summed E-state index contributed by atoms with van der Waals surface area (Å²) in [6.07, 6.45) is 4.80. The molecule has 1 unspecified atom stereocenters. The Morgan fingerprint density at radius 1 is 1.69 bits per heavy atom. The lowest BCUT2D eigenvalue weighted by atomic mass is 10.2. The summed E-state index contributed by atoms with van der Waals surface area (Å²) in [5, 5.41) is 13.1. The minimum Gasteiger partial charge on any atom is -0.480 e. The Bertz CT molecular complexity index is 349. The standard InChI is InChI=1S/C11H19N3O2/c1-4-5-14-8-10(6-12-14)7-13(3)9(2)11(15)16/h6,8-9H,4-5,7H2,1-3H3,(H,15,16). The van der Waals surface area contributed by atoms with E-state index >= 15 is 0 Å². The average Bonchev–Trinajstić information content (AvgIpc) is 2.65. The van der Waals surface area contributed by atoms with Gasteiger partial charge in [0, 0.05) is 24.8 Å². The number of rotatable bonds is 6. The summed E-state index contributed by atoms with van der Waals surface area (Å²) >= 11 is 0. The van der Waals surface area contributed by atoms with E-state index in [4.69, 9.17) is 5.11 Å². The number of hydrogen-bond donors (Lipinski definition) is 1. The van der Waals surface area contributed by atoms with Crippen molar-refractivity contribution in [2.24, 2.45) is 0 Å². The molecule has 0 amide bonds. The highest BCUT2D eigenvalue weighted by atomic mass is 16.4. The fourth-order valence-electron chi connectivity index (χ4n) is 1.45. The van der Waals surface area contributed by atoms with E-state index in [1.165, 1.54) is 0 Å². The number of aryl methyl sites for hydroxylation is 1. The molecule has 0 aliphatic heterocycles. The van der Waals surface area contributed by atoms with Crippen molar-refractivity contribution in [2.45, 2.75) is 39.4 Å². The van der Waals surface area contributed by atoms with E-state index in [-0.39, 0.29) is 0 Å². The third kappa shape index (κ3) is 3.34. The van der Waals surface area contributed by atoms with Gasteiger partial charge in [-0.1, -0.05) is 6.92 Å². The number of likely N-dealkylation sites (N-methyl/N-ethyl adjacent to an activating group) is 1. The second kappa shape index (κ2) is 5.65. The average molecular weight is 225 g/mol. The molecule has 0 aliphatic carbocycles. The summed E-state index contributed by atoms with van der Waals surface area (Å²) in [6, 6.07) is -0.477. The van der Waals surface area contributed by atoms with Crippen LogP contribution in [0.5, 0.6) is 0 Å². The molecule has 0 bridgehead atoms. The lowest BCUT2D eigenvalue weighted by Crippen LogP contribution is -2.35. The van der Waals surface area contributed by atoms with Crippen molar-refractivity contribution in [3.63, 3.8) is 0 Å². The predicted octanol–water partition coefficient (Wildman–Crippen LogP) is 1.20. The van der Waals surface area contributed by atoms with E-state index in [0.717, 1.165) is 18.5 Å². The molecule has 1 N–H and O–H groups in total. The number of aromatic nitrogens is 2. The van der Waals surface area contributed by atoms with Crippen LogP contribution in [0.2, 0.25) is 0 Å². The van der Waals surface area contributed by atoms with Gasteiger partial charge in [0.25, 0.3) is 0 Å². The van der Waals surface area contributed by atoms with Gasteiger partial charge in [-0.25, -0.2) is 0 Å². The Morgan fingerprint density at radius 3 is 2.94 bits per heavy atom. The second-order valence-corrected chi connectivity index (χ2v) is 4.04. The highest BCUT2D eigenvalue weighted by molar-refractivity contribution is 5.72. The highest BCUT2D eigenvalue weighted by Gasteiger charge is 2.17. The molecule has 0 saturated heterocycles. The van der Waals surface area contributed by atoms with Crippen molar-refractivity contribution < 1.29 is 9.90 Å². The minimum atomic E-state index is -0.802. The summed E-state index contributed by atoms with van der Waals surface area (Å²) in [5.74, 6) is -0.802. The maximum Gasteiger partial charge on any atom is 0.320 e. The zero-order valence-electron chi connectivity index (χ0n) is 10.1. The fourth-order valence-corrected chi connectivity index (χ4v) is 1.45. The summed E-state index contributed by atoms with van der Waals surface area (Å²) in [7, 11) is 1.80. The molecule has 1 rings (SSSR count). The van der Waals surface area contributed by atoms with Crippen molar-refractivity contribution >= 4 is 5.97 Å². The van der Waals surface area contributed by atoms with Crippen molar-refractivity contribution in [2.75, 3.05) is 7.05 Å². The third-order valence-electron chi connectivity index (χ3n) is 2.59. The van der Waals surface area contributed by atoms with E-state index in [1.807, 2.05) is 10.9 Å². The van der Waals surface area contributed by atoms with Crippen LogP contribution in [0.25, 0.3) is 0 Å². The molecule has 1 heterocycles. The normalized spacial score (nSPS) is 13.0. The molecule has 0 aliphatic rings. The Labute approximate surface area is 95.7 Å². The summed E-state index contributed by atoms with van der Waals surface area (Å²) in [4.78, 5) is 12.6. The van der Waals surface area contributed by atoms with E-state index in [9.17, 15) is 4.79 Å². The number of carbonyl (C=O) groups is 1. The van der Waals surface area contributed by atoms with E-state index in [1.54, 1.807) is 25.1 Å². The van der Waals surface area contributed by atoms with Crippen molar-refractivity contribution in [3.05, 3.63) is 18.0 Å². The number of carboxylic acids is 1. The van der Waals surface area contributed by atoms with Gasteiger partial charge in [-0.05, 0) is 20.4 Å². The van der Waals surface area contributed by atoms with Crippen LogP contribution in [0.4, 0.5) is 0 Å². The van der Waals surface area contributed by atoms with Gasteiger partial charge in [0.1, 0.15) is 6.04 Å². The molecule has 1 atom stereocenters. The van der Waals surface area contributed by atoms with Crippen molar-refractivity contribution in [3.8, 4) is 0 Å². The SMILES string of the molecule is CCCn1cc(CN(C)C(C)C(=O)O)cn1. The third-order valence-corrected chi connectivity index (χ3v) is 2.59. The molecular weight excluding hydrogens is 206 g/mol. The van der Waals surface area contributed by atoms with Gasteiger partial charge in [0.2, 0.25) is 0 Å². The van der Waals surface area contributed by atoms with Crippen LogP contribution in [-0.2, 0) is 17.9 Å². The van der Waals surface area contributed by atoms with Gasteiger partial charge in [-0.15, -0.1) is 0 Å². The van der Waals surface area contributed by atoms with Gasteiger partial charge in [-0.2, -0.15) is 5.10 Å². The Kier molecular flexibility index (Phi) is 4.49. The first kappa shape index (κ1) is 12.7. The molecule has 90 valence electrons. The predicted molar refractivity (Wildman–Crippen MR) is 61.1 cm³/mol. The molecule has 5 nitrogen and oxygen atoms in total. The maximum absolute atomic E-state index is 10.8. The molecule has 16 heavy (non-hydrogen) atoms. The monoisotopic (exact) mass is 225 g/mol. The number of aliphatic carboxylic acids is 1. The largest absolute Gasteiger partial charge is 0.480 e. The molecule has 0 spiro atoms. The Hall–Kier alpha value is -1.36. The minimum absolute atomic E-state index is 0.477. The summed E-state index contributed by atoms with van der Waals surface area (Å²) in [5.41, 5.74) is 1.05. The second-order valence-electron chi connectivity index (χ2n) is 4.04. The van der Waals surface area contributed by atoms with Crippen molar-refractivity contribution in [1.82, 2.24) is 14.7 Å². The first-order valence-electron chi connectivity index (χ1n) is 5.49. The zero-order valence-corrected chi connectivity index (χ0v) is 10.1.